The SMILES string of the molecule is COCCN1CCC(Cn2cnc(C(C)C)cc2=O)CC1. The van der Waals surface area contributed by atoms with Crippen LogP contribution in [-0.4, -0.2) is 47.8 Å². The predicted octanol–water partition coefficient (Wildman–Crippen LogP) is 1.73. The van der Waals surface area contributed by atoms with E-state index in [1.54, 1.807) is 24.1 Å². The highest BCUT2D eigenvalue weighted by atomic mass is 16.5. The summed E-state index contributed by atoms with van der Waals surface area (Å²) >= 11 is 0. The minimum Gasteiger partial charge on any atom is -0.383 e. The molecular weight excluding hydrogens is 266 g/mol. The van der Waals surface area contributed by atoms with Gasteiger partial charge in [-0.1, -0.05) is 13.8 Å². The molecule has 0 amide bonds. The maximum absolute atomic E-state index is 12.1. The molecular formula is C16H27N3O2. The van der Waals surface area contributed by atoms with Crippen molar-refractivity contribution < 1.29 is 4.74 Å². The maximum Gasteiger partial charge on any atom is 0.253 e. The quantitative estimate of drug-likeness (QED) is 0.801. The Morgan fingerprint density at radius 3 is 2.67 bits per heavy atom. The standard InChI is InChI=1S/C16H27N3O2/c1-13(2)15-10-16(20)19(12-17-15)11-14-4-6-18(7-5-14)8-9-21-3/h10,12-14H,4-9,11H2,1-3H3. The first-order valence-electron chi connectivity index (χ1n) is 7.88. The third-order valence-electron chi connectivity index (χ3n) is 4.27. The van der Waals surface area contributed by atoms with Gasteiger partial charge in [0, 0.05) is 26.3 Å². The molecule has 5 heteroatoms. The van der Waals surface area contributed by atoms with Crippen LogP contribution in [0.1, 0.15) is 38.3 Å². The number of nitrogens with zero attached hydrogens (tertiary/aromatic N) is 3. The van der Waals surface area contributed by atoms with Gasteiger partial charge in [-0.15, -0.1) is 0 Å². The fraction of sp³-hybridized carbons (Fsp3) is 0.750. The van der Waals surface area contributed by atoms with Crippen LogP contribution in [0.3, 0.4) is 0 Å². The summed E-state index contributed by atoms with van der Waals surface area (Å²) in [5.74, 6) is 0.879. The van der Waals surface area contributed by atoms with Gasteiger partial charge in [-0.05, 0) is 37.8 Å². The number of hydrogen-bond donors (Lipinski definition) is 0. The molecule has 5 nitrogen and oxygen atoms in total. The summed E-state index contributed by atoms with van der Waals surface area (Å²) in [6.45, 7) is 8.91. The van der Waals surface area contributed by atoms with Crippen LogP contribution in [0.25, 0.3) is 0 Å². The molecule has 1 aliphatic heterocycles. The molecule has 2 heterocycles. The third kappa shape index (κ3) is 4.64. The monoisotopic (exact) mass is 293 g/mol. The van der Waals surface area contributed by atoms with E-state index >= 15 is 0 Å². The molecule has 0 N–H and O–H groups in total. The normalized spacial score (nSPS) is 17.5. The highest BCUT2D eigenvalue weighted by molar-refractivity contribution is 5.04. The van der Waals surface area contributed by atoms with E-state index in [9.17, 15) is 4.79 Å². The van der Waals surface area contributed by atoms with Crippen molar-refractivity contribution in [1.29, 1.82) is 0 Å². The molecule has 1 fully saturated rings. The summed E-state index contributed by atoms with van der Waals surface area (Å²) in [4.78, 5) is 18.9. The zero-order valence-corrected chi connectivity index (χ0v) is 13.4. The van der Waals surface area contributed by atoms with Crippen molar-refractivity contribution in [3.05, 3.63) is 28.4 Å². The number of rotatable bonds is 6. The molecule has 0 aromatic carbocycles. The van der Waals surface area contributed by atoms with Gasteiger partial charge in [0.1, 0.15) is 0 Å². The van der Waals surface area contributed by atoms with Gasteiger partial charge in [0.2, 0.25) is 0 Å². The molecule has 1 aromatic rings. The third-order valence-corrected chi connectivity index (χ3v) is 4.27. The maximum atomic E-state index is 12.1. The Kier molecular flexibility index (Phi) is 5.94. The van der Waals surface area contributed by atoms with Crippen LogP contribution in [0.5, 0.6) is 0 Å². The summed E-state index contributed by atoms with van der Waals surface area (Å²) in [7, 11) is 1.74. The van der Waals surface area contributed by atoms with Crippen LogP contribution in [0.2, 0.25) is 0 Å². The molecule has 0 saturated carbocycles. The molecule has 1 saturated heterocycles. The van der Waals surface area contributed by atoms with Crippen LogP contribution in [0, 0.1) is 5.92 Å². The summed E-state index contributed by atoms with van der Waals surface area (Å²) in [5.41, 5.74) is 0.959. The van der Waals surface area contributed by atoms with E-state index in [1.165, 1.54) is 0 Å². The summed E-state index contributed by atoms with van der Waals surface area (Å²) in [6, 6.07) is 1.68. The van der Waals surface area contributed by atoms with E-state index in [-0.39, 0.29) is 5.56 Å². The molecule has 1 aliphatic rings. The van der Waals surface area contributed by atoms with Crippen LogP contribution >= 0.6 is 0 Å². The van der Waals surface area contributed by atoms with Gasteiger partial charge in [-0.2, -0.15) is 0 Å². The van der Waals surface area contributed by atoms with Gasteiger partial charge in [-0.3, -0.25) is 9.36 Å². The average Bonchev–Trinajstić information content (AvgIpc) is 2.48. The number of ether oxygens (including phenoxy) is 1. The first-order valence-corrected chi connectivity index (χ1v) is 7.88. The van der Waals surface area contributed by atoms with E-state index in [1.807, 2.05) is 0 Å². The second-order valence-corrected chi connectivity index (χ2v) is 6.24. The first-order chi connectivity index (χ1) is 10.1. The van der Waals surface area contributed by atoms with Gasteiger partial charge in [-0.25, -0.2) is 4.98 Å². The van der Waals surface area contributed by atoms with Crippen molar-refractivity contribution in [1.82, 2.24) is 14.5 Å². The van der Waals surface area contributed by atoms with E-state index in [2.05, 4.69) is 23.7 Å². The second-order valence-electron chi connectivity index (χ2n) is 6.24. The van der Waals surface area contributed by atoms with Crippen LogP contribution in [0.4, 0.5) is 0 Å². The van der Waals surface area contributed by atoms with Gasteiger partial charge >= 0.3 is 0 Å². The van der Waals surface area contributed by atoms with E-state index in [0.29, 0.717) is 11.8 Å². The molecule has 118 valence electrons. The van der Waals surface area contributed by atoms with Crippen LogP contribution in [-0.2, 0) is 11.3 Å². The number of methoxy groups -OCH3 is 1. The minimum atomic E-state index is 0.0792. The molecule has 1 aromatic heterocycles. The lowest BCUT2D eigenvalue weighted by atomic mass is 9.96. The number of likely N-dealkylation sites (tertiary alicyclic amines) is 1. The smallest absolute Gasteiger partial charge is 0.253 e. The lowest BCUT2D eigenvalue weighted by Gasteiger charge is -2.31. The van der Waals surface area contributed by atoms with Crippen molar-refractivity contribution in [3.63, 3.8) is 0 Å². The molecule has 0 bridgehead atoms. The number of hydrogen-bond acceptors (Lipinski definition) is 4. The van der Waals surface area contributed by atoms with E-state index in [0.717, 1.165) is 51.3 Å². The Balaban J connectivity index is 1.87. The van der Waals surface area contributed by atoms with Gasteiger partial charge in [0.05, 0.1) is 18.6 Å². The molecule has 21 heavy (non-hydrogen) atoms. The Labute approximate surface area is 126 Å². The summed E-state index contributed by atoms with van der Waals surface area (Å²) < 4.78 is 6.88. The van der Waals surface area contributed by atoms with Crippen LogP contribution in [0.15, 0.2) is 17.2 Å². The van der Waals surface area contributed by atoms with Crippen molar-refractivity contribution in [3.8, 4) is 0 Å². The molecule has 0 spiro atoms. The highest BCUT2D eigenvalue weighted by Crippen LogP contribution is 2.18. The Morgan fingerprint density at radius 2 is 2.10 bits per heavy atom. The van der Waals surface area contributed by atoms with Gasteiger partial charge in [0.15, 0.2) is 0 Å². The first kappa shape index (κ1) is 16.2. The van der Waals surface area contributed by atoms with E-state index < -0.39 is 0 Å². The van der Waals surface area contributed by atoms with Crippen molar-refractivity contribution in [2.45, 2.75) is 39.2 Å². The van der Waals surface area contributed by atoms with E-state index in [4.69, 9.17) is 4.74 Å². The fourth-order valence-corrected chi connectivity index (χ4v) is 2.78. The lowest BCUT2D eigenvalue weighted by molar-refractivity contribution is 0.116. The second kappa shape index (κ2) is 7.71. The van der Waals surface area contributed by atoms with Gasteiger partial charge in [0.25, 0.3) is 5.56 Å². The Morgan fingerprint density at radius 1 is 1.38 bits per heavy atom. The minimum absolute atomic E-state index is 0.0792. The van der Waals surface area contributed by atoms with Crippen LogP contribution < -0.4 is 5.56 Å². The topological polar surface area (TPSA) is 47.4 Å². The van der Waals surface area contributed by atoms with Crippen molar-refractivity contribution in [2.75, 3.05) is 33.4 Å². The zero-order valence-electron chi connectivity index (χ0n) is 13.4. The molecule has 0 aliphatic carbocycles. The Bertz CT molecular complexity index is 491. The highest BCUT2D eigenvalue weighted by Gasteiger charge is 2.19. The van der Waals surface area contributed by atoms with Crippen molar-refractivity contribution in [2.24, 2.45) is 5.92 Å². The zero-order chi connectivity index (χ0) is 15.2. The molecule has 2 rings (SSSR count). The number of piperidine rings is 1. The largest absolute Gasteiger partial charge is 0.383 e. The summed E-state index contributed by atoms with van der Waals surface area (Å²) in [6.07, 6.45) is 4.00. The molecule has 0 atom stereocenters. The summed E-state index contributed by atoms with van der Waals surface area (Å²) in [5, 5.41) is 0. The van der Waals surface area contributed by atoms with Gasteiger partial charge < -0.3 is 9.64 Å². The number of aromatic nitrogens is 2. The molecule has 0 unspecified atom stereocenters. The predicted molar refractivity (Wildman–Crippen MR) is 83.6 cm³/mol. The fourth-order valence-electron chi connectivity index (χ4n) is 2.78. The Hall–Kier alpha value is -1.20. The van der Waals surface area contributed by atoms with Crippen molar-refractivity contribution >= 4 is 0 Å². The average molecular weight is 293 g/mol. The molecule has 0 radical (unpaired) electrons. The lowest BCUT2D eigenvalue weighted by Crippen LogP contribution is -2.38.